The molecule has 1 saturated carbocycles. The molecule has 0 amide bonds. The third-order valence-electron chi connectivity index (χ3n) is 6.04. The number of alkyl halides is 2. The van der Waals surface area contributed by atoms with Gasteiger partial charge in [0.2, 0.25) is 5.92 Å². The molecule has 1 aliphatic carbocycles. The van der Waals surface area contributed by atoms with Crippen LogP contribution in [0.4, 0.5) is 8.78 Å². The second-order valence-corrected chi connectivity index (χ2v) is 8.15. The summed E-state index contributed by atoms with van der Waals surface area (Å²) >= 11 is 0. The fourth-order valence-electron chi connectivity index (χ4n) is 4.34. The minimum absolute atomic E-state index is 0.0543. The first-order chi connectivity index (χ1) is 14.3. The van der Waals surface area contributed by atoms with Gasteiger partial charge in [-0.15, -0.1) is 0 Å². The van der Waals surface area contributed by atoms with E-state index in [9.17, 15) is 18.7 Å². The number of carbonyl (C=O) groups is 1. The normalized spacial score (nSPS) is 20.5. The van der Waals surface area contributed by atoms with E-state index in [4.69, 9.17) is 4.74 Å². The summed E-state index contributed by atoms with van der Waals surface area (Å²) in [5.74, 6) is -3.60. The number of imidazole rings is 1. The summed E-state index contributed by atoms with van der Waals surface area (Å²) in [5.41, 5.74) is -1.78. The van der Waals surface area contributed by atoms with Crippen LogP contribution >= 0.6 is 0 Å². The Hall–Kier alpha value is -2.28. The molecule has 0 spiro atoms. The van der Waals surface area contributed by atoms with Crippen molar-refractivity contribution in [3.63, 3.8) is 0 Å². The molecule has 3 rings (SSSR count). The van der Waals surface area contributed by atoms with Crippen molar-refractivity contribution in [2.75, 3.05) is 6.61 Å². The average molecular weight is 422 g/mol. The van der Waals surface area contributed by atoms with Gasteiger partial charge < -0.3 is 9.84 Å². The molecule has 1 fully saturated rings. The van der Waals surface area contributed by atoms with Crippen LogP contribution in [0.15, 0.2) is 42.7 Å². The zero-order chi connectivity index (χ0) is 21.8. The third-order valence-corrected chi connectivity index (χ3v) is 6.04. The van der Waals surface area contributed by atoms with Gasteiger partial charge >= 0.3 is 5.97 Å². The number of aryl methyl sites for hydroxylation is 1. The first kappa shape index (κ1) is 22.4. The van der Waals surface area contributed by atoms with E-state index in [0.717, 1.165) is 18.8 Å². The van der Waals surface area contributed by atoms with Gasteiger partial charge in [-0.1, -0.05) is 37.3 Å². The summed E-state index contributed by atoms with van der Waals surface area (Å²) in [6.45, 7) is 5.48. The van der Waals surface area contributed by atoms with Crippen LogP contribution in [0.5, 0.6) is 0 Å². The molecule has 1 aromatic heterocycles. The number of hydrogen-bond donors (Lipinski definition) is 1. The van der Waals surface area contributed by atoms with Crippen LogP contribution < -0.4 is 4.57 Å². The maximum atomic E-state index is 14.1. The molecule has 1 aliphatic rings. The lowest BCUT2D eigenvalue weighted by molar-refractivity contribution is -0.702. The van der Waals surface area contributed by atoms with Crippen LogP contribution in [-0.2, 0) is 28.2 Å². The Balaban J connectivity index is 1.74. The van der Waals surface area contributed by atoms with Crippen molar-refractivity contribution in [3.8, 4) is 0 Å². The zero-order valence-electron chi connectivity index (χ0n) is 17.7. The van der Waals surface area contributed by atoms with Gasteiger partial charge in [-0.3, -0.25) is 0 Å². The van der Waals surface area contributed by atoms with E-state index in [-0.39, 0.29) is 19.4 Å². The third kappa shape index (κ3) is 4.72. The number of esters is 1. The zero-order valence-corrected chi connectivity index (χ0v) is 17.7. The van der Waals surface area contributed by atoms with Gasteiger partial charge in [-0.2, -0.15) is 0 Å². The van der Waals surface area contributed by atoms with Crippen LogP contribution in [0.25, 0.3) is 0 Å². The number of benzene rings is 1. The largest absolute Gasteiger partial charge is 0.459 e. The summed E-state index contributed by atoms with van der Waals surface area (Å²) in [4.78, 5) is 13.0. The number of hydrogen-bond acceptors (Lipinski definition) is 3. The topological polar surface area (TPSA) is 55.3 Å². The van der Waals surface area contributed by atoms with E-state index in [1.807, 2.05) is 23.9 Å². The quantitative estimate of drug-likeness (QED) is 0.522. The minimum Gasteiger partial charge on any atom is -0.459 e. The molecule has 0 unspecified atom stereocenters. The first-order valence-electron chi connectivity index (χ1n) is 10.7. The van der Waals surface area contributed by atoms with Crippen LogP contribution in [0, 0.1) is 12.8 Å². The molecule has 0 bridgehead atoms. The Kier molecular flexibility index (Phi) is 6.91. The number of rotatable bonds is 8. The SMILES string of the molecule is CCC[n+]1ccn(CCOC(=O)[C@](O)(c2ccccc2)[C@H]2CCCC(F)(F)C2)c1C. The summed E-state index contributed by atoms with van der Waals surface area (Å²) < 4.78 is 37.7. The minimum atomic E-state index is -2.89. The maximum Gasteiger partial charge on any atom is 0.343 e. The lowest BCUT2D eigenvalue weighted by atomic mass is 9.72. The molecule has 1 heterocycles. The summed E-state index contributed by atoms with van der Waals surface area (Å²) in [7, 11) is 0. The molecule has 0 radical (unpaired) electrons. The van der Waals surface area contributed by atoms with E-state index in [1.54, 1.807) is 30.3 Å². The van der Waals surface area contributed by atoms with Gasteiger partial charge in [0.05, 0.1) is 6.54 Å². The second-order valence-electron chi connectivity index (χ2n) is 8.15. The monoisotopic (exact) mass is 421 g/mol. The first-order valence-corrected chi connectivity index (χ1v) is 10.7. The summed E-state index contributed by atoms with van der Waals surface area (Å²) in [6, 6.07) is 8.31. The predicted molar refractivity (Wildman–Crippen MR) is 108 cm³/mol. The van der Waals surface area contributed by atoms with Crippen molar-refractivity contribution in [1.29, 1.82) is 0 Å². The Labute approximate surface area is 176 Å². The Morgan fingerprint density at radius 3 is 2.77 bits per heavy atom. The molecule has 5 nitrogen and oxygen atoms in total. The van der Waals surface area contributed by atoms with Crippen LogP contribution in [0.3, 0.4) is 0 Å². The number of aromatic nitrogens is 2. The van der Waals surface area contributed by atoms with Gasteiger partial charge in [0.15, 0.2) is 5.60 Å². The fourth-order valence-corrected chi connectivity index (χ4v) is 4.34. The Morgan fingerprint density at radius 2 is 2.10 bits per heavy atom. The van der Waals surface area contributed by atoms with E-state index >= 15 is 0 Å². The second kappa shape index (κ2) is 9.25. The van der Waals surface area contributed by atoms with Crippen molar-refractivity contribution in [1.82, 2.24) is 4.57 Å². The van der Waals surface area contributed by atoms with E-state index in [0.29, 0.717) is 18.5 Å². The molecule has 164 valence electrons. The van der Waals surface area contributed by atoms with Crippen LogP contribution in [0.2, 0.25) is 0 Å². The van der Waals surface area contributed by atoms with Crippen LogP contribution in [0.1, 0.15) is 50.4 Å². The number of ether oxygens (including phenoxy) is 1. The molecule has 1 aromatic carbocycles. The molecule has 1 N–H and O–H groups in total. The highest BCUT2D eigenvalue weighted by atomic mass is 19.3. The van der Waals surface area contributed by atoms with Gasteiger partial charge in [0, 0.05) is 25.7 Å². The molecule has 0 saturated heterocycles. The van der Waals surface area contributed by atoms with Crippen molar-refractivity contribution in [3.05, 3.63) is 54.1 Å². The van der Waals surface area contributed by atoms with Crippen molar-refractivity contribution < 1.29 is 28.0 Å². The van der Waals surface area contributed by atoms with E-state index < -0.39 is 29.8 Å². The van der Waals surface area contributed by atoms with E-state index in [1.165, 1.54) is 0 Å². The summed E-state index contributed by atoms with van der Waals surface area (Å²) in [6.07, 6.45) is 4.79. The molecule has 0 aliphatic heterocycles. The smallest absolute Gasteiger partial charge is 0.343 e. The molecule has 7 heteroatoms. The fraction of sp³-hybridized carbons (Fsp3) is 0.565. The van der Waals surface area contributed by atoms with Crippen molar-refractivity contribution >= 4 is 5.97 Å². The van der Waals surface area contributed by atoms with Crippen LogP contribution in [-0.4, -0.2) is 28.2 Å². The number of halogens is 2. The predicted octanol–water partition coefficient (Wildman–Crippen LogP) is 3.75. The molecule has 2 atom stereocenters. The van der Waals surface area contributed by atoms with E-state index in [2.05, 4.69) is 11.5 Å². The highest BCUT2D eigenvalue weighted by Gasteiger charge is 2.52. The molecular formula is C23H31F2N2O3+. The Bertz CT molecular complexity index is 853. The molecular weight excluding hydrogens is 390 g/mol. The standard InChI is InChI=1S/C23H31F2N2O3/c1-3-12-26-13-14-27(18(26)2)15-16-30-21(28)23(29,19-8-5-4-6-9-19)20-10-7-11-22(24,25)17-20/h4-6,8-9,13-14,20,29H,3,7,10-12,15-17H2,1-2H3/q+1/t20-,23-/m0/s1. The van der Waals surface area contributed by atoms with Gasteiger partial charge in [-0.05, 0) is 24.8 Å². The highest BCUT2D eigenvalue weighted by Crippen LogP contribution is 2.45. The molecule has 30 heavy (non-hydrogen) atoms. The molecule has 2 aromatic rings. The van der Waals surface area contributed by atoms with Crippen molar-refractivity contribution in [2.24, 2.45) is 5.92 Å². The number of aliphatic hydroxyl groups is 1. The number of nitrogens with zero attached hydrogens (tertiary/aromatic N) is 2. The Morgan fingerprint density at radius 1 is 1.37 bits per heavy atom. The van der Waals surface area contributed by atoms with Crippen molar-refractivity contribution in [2.45, 2.75) is 70.6 Å². The lowest BCUT2D eigenvalue weighted by Gasteiger charge is -2.39. The summed E-state index contributed by atoms with van der Waals surface area (Å²) in [5, 5.41) is 11.4. The maximum absolute atomic E-state index is 14.1. The average Bonchev–Trinajstić information content (AvgIpc) is 3.07. The van der Waals surface area contributed by atoms with Gasteiger partial charge in [0.25, 0.3) is 5.82 Å². The number of carbonyl (C=O) groups excluding carboxylic acids is 1. The lowest BCUT2D eigenvalue weighted by Crippen LogP contribution is -2.48. The highest BCUT2D eigenvalue weighted by molar-refractivity contribution is 5.81. The van der Waals surface area contributed by atoms with Gasteiger partial charge in [0.1, 0.15) is 25.5 Å². The van der Waals surface area contributed by atoms with Gasteiger partial charge in [-0.25, -0.2) is 22.7 Å².